The average molecular weight is 241 g/mol. The van der Waals surface area contributed by atoms with Crippen LogP contribution in [0.3, 0.4) is 0 Å². The molecular formula is C11H15NO3S. The van der Waals surface area contributed by atoms with Crippen LogP contribution in [0.25, 0.3) is 0 Å². The van der Waals surface area contributed by atoms with Crippen molar-refractivity contribution in [3.63, 3.8) is 0 Å². The second-order valence-electron chi connectivity index (χ2n) is 4.02. The van der Waals surface area contributed by atoms with Crippen LogP contribution in [0.2, 0.25) is 0 Å². The third-order valence-corrected chi connectivity index (χ3v) is 3.77. The van der Waals surface area contributed by atoms with E-state index < -0.39 is 9.84 Å². The highest BCUT2D eigenvalue weighted by Crippen LogP contribution is 2.23. The first-order chi connectivity index (χ1) is 7.47. The van der Waals surface area contributed by atoms with E-state index in [0.717, 1.165) is 12.1 Å². The van der Waals surface area contributed by atoms with Crippen LogP contribution in [0.4, 0.5) is 0 Å². The summed E-state index contributed by atoms with van der Waals surface area (Å²) < 4.78 is 28.2. The van der Waals surface area contributed by atoms with Crippen LogP contribution >= 0.6 is 0 Å². The zero-order valence-electron chi connectivity index (χ0n) is 9.30. The van der Waals surface area contributed by atoms with Crippen LogP contribution in [-0.2, 0) is 14.6 Å². The normalized spacial score (nSPS) is 25.9. The zero-order chi connectivity index (χ0) is 11.8. The number of benzene rings is 1. The molecule has 5 heteroatoms. The predicted molar refractivity (Wildman–Crippen MR) is 60.8 cm³/mol. The van der Waals surface area contributed by atoms with Crippen molar-refractivity contribution in [2.45, 2.75) is 24.2 Å². The number of rotatable bonds is 2. The van der Waals surface area contributed by atoms with E-state index in [9.17, 15) is 8.42 Å². The molecule has 1 heterocycles. The highest BCUT2D eigenvalue weighted by atomic mass is 32.2. The summed E-state index contributed by atoms with van der Waals surface area (Å²) in [5.74, 6) is 0. The van der Waals surface area contributed by atoms with E-state index in [-0.39, 0.29) is 12.3 Å². The summed E-state index contributed by atoms with van der Waals surface area (Å²) >= 11 is 0. The molecule has 2 rings (SSSR count). The van der Waals surface area contributed by atoms with Gasteiger partial charge < -0.3 is 4.74 Å². The summed E-state index contributed by atoms with van der Waals surface area (Å²) in [5, 5.41) is 3.17. The van der Waals surface area contributed by atoms with Gasteiger partial charge in [-0.3, -0.25) is 5.32 Å². The molecule has 4 nitrogen and oxygen atoms in total. The van der Waals surface area contributed by atoms with Gasteiger partial charge in [0.05, 0.1) is 11.0 Å². The van der Waals surface area contributed by atoms with Crippen LogP contribution in [0, 0.1) is 0 Å². The molecule has 0 radical (unpaired) electrons. The fourth-order valence-electron chi connectivity index (χ4n) is 1.74. The largest absolute Gasteiger partial charge is 0.354 e. The van der Waals surface area contributed by atoms with E-state index in [1.807, 2.05) is 6.92 Å². The molecular weight excluding hydrogens is 226 g/mol. The van der Waals surface area contributed by atoms with Crippen molar-refractivity contribution in [3.8, 4) is 0 Å². The summed E-state index contributed by atoms with van der Waals surface area (Å²) in [5.41, 5.74) is 1.00. The molecule has 0 spiro atoms. The van der Waals surface area contributed by atoms with E-state index >= 15 is 0 Å². The summed E-state index contributed by atoms with van der Waals surface area (Å²) in [6.07, 6.45) is 1.28. The number of hydrogen-bond donors (Lipinski definition) is 1. The molecule has 0 saturated carbocycles. The van der Waals surface area contributed by atoms with Gasteiger partial charge in [0.15, 0.2) is 9.84 Å². The molecule has 2 atom stereocenters. The molecule has 16 heavy (non-hydrogen) atoms. The van der Waals surface area contributed by atoms with Crippen LogP contribution in [-0.4, -0.2) is 27.4 Å². The Morgan fingerprint density at radius 3 is 2.38 bits per heavy atom. The highest BCUT2D eigenvalue weighted by Gasteiger charge is 2.22. The fraction of sp³-hybridized carbons (Fsp3) is 0.455. The Kier molecular flexibility index (Phi) is 3.01. The smallest absolute Gasteiger partial charge is 0.175 e. The summed E-state index contributed by atoms with van der Waals surface area (Å²) in [4.78, 5) is 0.343. The van der Waals surface area contributed by atoms with E-state index in [1.54, 1.807) is 24.3 Å². The topological polar surface area (TPSA) is 55.4 Å². The summed E-state index contributed by atoms with van der Waals surface area (Å²) in [7, 11) is -3.11. The van der Waals surface area contributed by atoms with Crippen molar-refractivity contribution >= 4 is 9.84 Å². The molecule has 1 N–H and O–H groups in total. The molecule has 88 valence electrons. The van der Waals surface area contributed by atoms with Gasteiger partial charge in [0, 0.05) is 12.8 Å². The first kappa shape index (κ1) is 11.6. The fourth-order valence-corrected chi connectivity index (χ4v) is 2.37. The predicted octanol–water partition coefficient (Wildman–Crippen LogP) is 1.10. The Morgan fingerprint density at radius 2 is 1.94 bits per heavy atom. The lowest BCUT2D eigenvalue weighted by Crippen LogP contribution is -2.17. The first-order valence-electron chi connectivity index (χ1n) is 5.15. The van der Waals surface area contributed by atoms with Gasteiger partial charge in [-0.15, -0.1) is 0 Å². The third kappa shape index (κ3) is 2.42. The maximum Gasteiger partial charge on any atom is 0.175 e. The number of nitrogens with one attached hydrogen (secondary N) is 1. The van der Waals surface area contributed by atoms with Crippen LogP contribution in [0.1, 0.15) is 18.6 Å². The Balaban J connectivity index is 2.20. The van der Waals surface area contributed by atoms with E-state index in [0.29, 0.717) is 4.90 Å². The van der Waals surface area contributed by atoms with Gasteiger partial charge in [0.1, 0.15) is 6.23 Å². The molecule has 1 fully saturated rings. The molecule has 1 saturated heterocycles. The number of ether oxygens (including phenoxy) is 1. The van der Waals surface area contributed by atoms with Gasteiger partial charge >= 0.3 is 0 Å². The van der Waals surface area contributed by atoms with Crippen LogP contribution in [0.5, 0.6) is 0 Å². The Labute approximate surface area is 95.5 Å². The van der Waals surface area contributed by atoms with Crippen molar-refractivity contribution in [1.82, 2.24) is 5.32 Å². The van der Waals surface area contributed by atoms with Crippen molar-refractivity contribution in [3.05, 3.63) is 29.8 Å². The molecule has 0 aromatic heterocycles. The van der Waals surface area contributed by atoms with E-state index in [2.05, 4.69) is 5.32 Å². The average Bonchev–Trinajstić information content (AvgIpc) is 2.64. The molecule has 2 unspecified atom stereocenters. The zero-order valence-corrected chi connectivity index (χ0v) is 10.1. The minimum absolute atomic E-state index is 0.0172. The maximum atomic E-state index is 11.3. The van der Waals surface area contributed by atoms with Crippen molar-refractivity contribution < 1.29 is 13.2 Å². The molecule has 1 aromatic carbocycles. The third-order valence-electron chi connectivity index (χ3n) is 2.64. The van der Waals surface area contributed by atoms with Gasteiger partial charge in [-0.1, -0.05) is 12.1 Å². The lowest BCUT2D eigenvalue weighted by Gasteiger charge is -2.10. The molecule has 1 aliphatic rings. The van der Waals surface area contributed by atoms with Crippen molar-refractivity contribution in [2.75, 3.05) is 12.8 Å². The van der Waals surface area contributed by atoms with Gasteiger partial charge in [-0.05, 0) is 24.6 Å². The molecule has 1 aromatic rings. The van der Waals surface area contributed by atoms with Crippen LogP contribution in [0.15, 0.2) is 29.2 Å². The number of sulfone groups is 1. The van der Waals surface area contributed by atoms with Crippen LogP contribution < -0.4 is 5.32 Å². The minimum Gasteiger partial charge on any atom is -0.354 e. The Morgan fingerprint density at radius 1 is 1.31 bits per heavy atom. The van der Waals surface area contributed by atoms with Crippen molar-refractivity contribution in [1.29, 1.82) is 0 Å². The molecule has 0 bridgehead atoms. The Bertz CT molecular complexity index is 467. The lowest BCUT2D eigenvalue weighted by molar-refractivity contribution is 0.0529. The second kappa shape index (κ2) is 4.16. The lowest BCUT2D eigenvalue weighted by atomic mass is 10.1. The highest BCUT2D eigenvalue weighted by molar-refractivity contribution is 7.90. The van der Waals surface area contributed by atoms with Crippen molar-refractivity contribution in [2.24, 2.45) is 0 Å². The molecule has 1 aliphatic heterocycles. The van der Waals surface area contributed by atoms with Gasteiger partial charge in [-0.2, -0.15) is 0 Å². The minimum atomic E-state index is -3.11. The molecule has 0 aliphatic carbocycles. The quantitative estimate of drug-likeness (QED) is 0.842. The molecule has 0 amide bonds. The standard InChI is InChI=1S/C11H15NO3S/c1-8-12-7-11(15-8)9-3-5-10(6-4-9)16(2,13)14/h3-6,8,11-12H,7H2,1-2H3. The summed E-state index contributed by atoms with van der Waals surface area (Å²) in [6, 6.07) is 6.86. The van der Waals surface area contributed by atoms with E-state index in [4.69, 9.17) is 4.74 Å². The van der Waals surface area contributed by atoms with Gasteiger partial charge in [0.2, 0.25) is 0 Å². The summed E-state index contributed by atoms with van der Waals surface area (Å²) in [6.45, 7) is 2.71. The number of hydrogen-bond acceptors (Lipinski definition) is 4. The maximum absolute atomic E-state index is 11.3. The second-order valence-corrected chi connectivity index (χ2v) is 6.03. The van der Waals surface area contributed by atoms with E-state index in [1.165, 1.54) is 6.26 Å². The Hall–Kier alpha value is -0.910. The first-order valence-corrected chi connectivity index (χ1v) is 7.05. The SMILES string of the molecule is CC1NCC(c2ccc(S(C)(=O)=O)cc2)O1. The monoisotopic (exact) mass is 241 g/mol. The van der Waals surface area contributed by atoms with Gasteiger partial charge in [-0.25, -0.2) is 8.42 Å². The van der Waals surface area contributed by atoms with Gasteiger partial charge in [0.25, 0.3) is 0 Å².